The maximum Gasteiger partial charge on any atom is 0.411 e. The number of carbonyl (C=O) groups excluding carboxylic acids is 3. The molecule has 2 aliphatic rings. The predicted octanol–water partition coefficient (Wildman–Crippen LogP) is 0.916. The highest BCUT2D eigenvalue weighted by Crippen LogP contribution is 2.23. The molecule has 1 amide bonds. The first-order valence-electron chi connectivity index (χ1n) is 13.2. The van der Waals surface area contributed by atoms with Gasteiger partial charge in [-0.2, -0.15) is 0 Å². The zero-order valence-electron chi connectivity index (χ0n) is 23.7. The fourth-order valence-corrected chi connectivity index (χ4v) is 4.16. The molecule has 0 aliphatic carbocycles. The van der Waals surface area contributed by atoms with Crippen molar-refractivity contribution in [3.63, 3.8) is 0 Å². The highest BCUT2D eigenvalue weighted by molar-refractivity contribution is 5.85. The molecule has 2 fully saturated rings. The van der Waals surface area contributed by atoms with Crippen molar-refractivity contribution in [2.45, 2.75) is 76.1 Å². The van der Waals surface area contributed by atoms with Crippen LogP contribution < -0.4 is 5.32 Å². The van der Waals surface area contributed by atoms with Gasteiger partial charge in [-0.15, -0.1) is 12.4 Å². The lowest BCUT2D eigenvalue weighted by Crippen LogP contribution is -2.47. The Hall–Kier alpha value is -3.26. The number of nitrogens with zero attached hydrogens (tertiary/aromatic N) is 1. The number of nitrogens with one attached hydrogen (secondary N) is 1. The van der Waals surface area contributed by atoms with Gasteiger partial charge in [0.2, 0.25) is 0 Å². The van der Waals surface area contributed by atoms with Gasteiger partial charge in [-0.05, 0) is 31.9 Å². The molecule has 5 N–H and O–H groups in total. The van der Waals surface area contributed by atoms with Gasteiger partial charge in [0.25, 0.3) is 0 Å². The second kappa shape index (κ2) is 15.8. The zero-order valence-corrected chi connectivity index (χ0v) is 24.5. The van der Waals surface area contributed by atoms with Crippen molar-refractivity contribution in [3.8, 4) is 0 Å². The number of aliphatic hydroxyl groups excluding tert-OH is 4. The number of rotatable bonds is 6. The van der Waals surface area contributed by atoms with Crippen molar-refractivity contribution >= 4 is 30.4 Å². The van der Waals surface area contributed by atoms with Crippen molar-refractivity contribution in [2.75, 3.05) is 13.1 Å². The summed E-state index contributed by atoms with van der Waals surface area (Å²) >= 11 is 0. The van der Waals surface area contributed by atoms with E-state index in [0.29, 0.717) is 0 Å². The fraction of sp³-hybridized carbons (Fsp3) is 0.483. The zero-order chi connectivity index (χ0) is 30.2. The third-order valence-corrected chi connectivity index (χ3v) is 6.29. The Bertz CT molecular complexity index is 1150. The van der Waals surface area contributed by atoms with E-state index in [-0.39, 0.29) is 38.7 Å². The number of esters is 2. The van der Waals surface area contributed by atoms with Crippen LogP contribution in [-0.4, -0.2) is 98.5 Å². The average Bonchev–Trinajstić information content (AvgIpc) is 3.44. The maximum absolute atomic E-state index is 12.3. The summed E-state index contributed by atoms with van der Waals surface area (Å²) in [5, 5.41) is 41.4. The number of β-amino-alcohol motifs (C(OH)–C–C–N with tert-alkyl or cyclic N) is 2. The third-order valence-electron chi connectivity index (χ3n) is 6.29. The molecule has 0 saturated carbocycles. The standard InChI is InChI=1S/C17H23NO6.C12H15NO4.ClH/c1-17(2,3)24-16(22)18-9-12(19)14(20)13(18)15(21)23-10-11-7-5-4-6-8-11;14-9-6-13-10(11(9)15)12(16)17-7-8-4-2-1-3-5-8;/h4-8,12-14,19-20H,9-10H2,1-3H3;1-5,9-11,13-15H,6-7H2;1H/t12-,13-,14-;9-,10-,11-;/m00./s1. The molecule has 13 heteroatoms. The Kier molecular flexibility index (Phi) is 13.2. The van der Waals surface area contributed by atoms with E-state index >= 15 is 0 Å². The van der Waals surface area contributed by atoms with Crippen LogP contribution in [0.1, 0.15) is 31.9 Å². The van der Waals surface area contributed by atoms with Crippen molar-refractivity contribution in [3.05, 3.63) is 71.8 Å². The van der Waals surface area contributed by atoms with Gasteiger partial charge in [-0.3, -0.25) is 15.0 Å². The number of likely N-dealkylation sites (tertiary alicyclic amines) is 1. The van der Waals surface area contributed by atoms with Crippen molar-refractivity contribution in [1.29, 1.82) is 0 Å². The Morgan fingerprint density at radius 3 is 1.76 bits per heavy atom. The topological polar surface area (TPSA) is 175 Å². The molecule has 42 heavy (non-hydrogen) atoms. The predicted molar refractivity (Wildman–Crippen MR) is 152 cm³/mol. The SMILES string of the molecule is CC(C)(C)OC(=O)N1C[C@H](O)[C@H](O)[C@H]1C(=O)OCc1ccccc1.Cl.O=C(OCc1ccccc1)[C@H]1NC[C@H](O)[C@@H]1O. The monoisotopic (exact) mass is 610 g/mol. The molecule has 2 aromatic carbocycles. The van der Waals surface area contributed by atoms with Gasteiger partial charge in [0.15, 0.2) is 6.04 Å². The smallest absolute Gasteiger partial charge is 0.411 e. The van der Waals surface area contributed by atoms with E-state index in [4.69, 9.17) is 14.2 Å². The summed E-state index contributed by atoms with van der Waals surface area (Å²) in [7, 11) is 0. The quantitative estimate of drug-likeness (QED) is 0.232. The second-order valence-electron chi connectivity index (χ2n) is 10.8. The van der Waals surface area contributed by atoms with Gasteiger partial charge in [-0.1, -0.05) is 60.7 Å². The van der Waals surface area contributed by atoms with Gasteiger partial charge in [0, 0.05) is 6.54 Å². The summed E-state index contributed by atoms with van der Waals surface area (Å²) in [4.78, 5) is 37.2. The van der Waals surface area contributed by atoms with E-state index < -0.39 is 60.1 Å². The van der Waals surface area contributed by atoms with E-state index in [9.17, 15) is 34.8 Å². The van der Waals surface area contributed by atoms with E-state index in [0.717, 1.165) is 16.0 Å². The minimum atomic E-state index is -1.42. The number of ether oxygens (including phenoxy) is 3. The molecule has 0 bridgehead atoms. The molecular weight excluding hydrogens is 572 g/mol. The van der Waals surface area contributed by atoms with Gasteiger partial charge < -0.3 is 34.6 Å². The normalized spacial score (nSPS) is 25.0. The lowest BCUT2D eigenvalue weighted by Gasteiger charge is -2.28. The number of halogens is 1. The van der Waals surface area contributed by atoms with Gasteiger partial charge in [-0.25, -0.2) is 9.59 Å². The largest absolute Gasteiger partial charge is 0.460 e. The summed E-state index contributed by atoms with van der Waals surface area (Å²) in [6, 6.07) is 16.2. The molecule has 2 saturated heterocycles. The van der Waals surface area contributed by atoms with Crippen LogP contribution >= 0.6 is 12.4 Å². The first-order chi connectivity index (χ1) is 19.4. The fourth-order valence-electron chi connectivity index (χ4n) is 4.16. The van der Waals surface area contributed by atoms with Crippen molar-refractivity contribution < 1.29 is 49.0 Å². The van der Waals surface area contributed by atoms with Gasteiger partial charge >= 0.3 is 18.0 Å². The number of aliphatic hydroxyl groups is 4. The Labute approximate surface area is 250 Å². The molecule has 4 rings (SSSR count). The Morgan fingerprint density at radius 1 is 0.810 bits per heavy atom. The Morgan fingerprint density at radius 2 is 1.31 bits per heavy atom. The van der Waals surface area contributed by atoms with Crippen LogP contribution in [0.3, 0.4) is 0 Å². The molecule has 12 nitrogen and oxygen atoms in total. The van der Waals surface area contributed by atoms with Crippen LogP contribution in [-0.2, 0) is 37.0 Å². The number of hydrogen-bond donors (Lipinski definition) is 5. The van der Waals surface area contributed by atoms with Crippen LogP contribution in [0.25, 0.3) is 0 Å². The molecule has 232 valence electrons. The molecule has 2 aromatic rings. The molecule has 6 atom stereocenters. The Balaban J connectivity index is 0.000000302. The number of amides is 1. The molecule has 0 unspecified atom stereocenters. The molecule has 0 radical (unpaired) electrons. The van der Waals surface area contributed by atoms with Crippen molar-refractivity contribution in [2.24, 2.45) is 0 Å². The number of carbonyl (C=O) groups is 3. The lowest BCUT2D eigenvalue weighted by molar-refractivity contribution is -0.153. The minimum absolute atomic E-state index is 0. The molecule has 0 aromatic heterocycles. The molecule has 2 aliphatic heterocycles. The molecule has 2 heterocycles. The first-order valence-corrected chi connectivity index (χ1v) is 13.2. The van der Waals surface area contributed by atoms with Gasteiger partial charge in [0.1, 0.15) is 43.2 Å². The number of hydrogen-bond acceptors (Lipinski definition) is 11. The summed E-state index contributed by atoms with van der Waals surface area (Å²) in [6.07, 6.45) is -5.44. The highest BCUT2D eigenvalue weighted by Gasteiger charge is 2.49. The van der Waals surface area contributed by atoms with Crippen molar-refractivity contribution in [1.82, 2.24) is 10.2 Å². The van der Waals surface area contributed by atoms with E-state index in [2.05, 4.69) is 5.32 Å². The summed E-state index contributed by atoms with van der Waals surface area (Å²) in [5.41, 5.74) is 0.908. The first kappa shape index (κ1) is 34.9. The van der Waals surface area contributed by atoms with Crippen LogP contribution in [0.4, 0.5) is 4.79 Å². The summed E-state index contributed by atoms with van der Waals surface area (Å²) in [6.45, 7) is 5.26. The van der Waals surface area contributed by atoms with E-state index in [1.807, 2.05) is 48.5 Å². The maximum atomic E-state index is 12.3. The minimum Gasteiger partial charge on any atom is -0.460 e. The second-order valence-corrected chi connectivity index (χ2v) is 10.8. The highest BCUT2D eigenvalue weighted by atomic mass is 35.5. The summed E-state index contributed by atoms with van der Waals surface area (Å²) in [5.74, 6) is -1.33. The van der Waals surface area contributed by atoms with E-state index in [1.165, 1.54) is 0 Å². The molecule has 0 spiro atoms. The van der Waals surface area contributed by atoms with Crippen LogP contribution in [0.2, 0.25) is 0 Å². The van der Waals surface area contributed by atoms with Crippen LogP contribution in [0.15, 0.2) is 60.7 Å². The molecular formula is C29H39ClN2O10. The lowest BCUT2D eigenvalue weighted by atomic mass is 10.1. The average molecular weight is 611 g/mol. The number of benzene rings is 2. The van der Waals surface area contributed by atoms with Crippen LogP contribution in [0.5, 0.6) is 0 Å². The van der Waals surface area contributed by atoms with Gasteiger partial charge in [0.05, 0.1) is 12.6 Å². The van der Waals surface area contributed by atoms with Crippen LogP contribution in [0, 0.1) is 0 Å². The summed E-state index contributed by atoms with van der Waals surface area (Å²) < 4.78 is 15.5. The van der Waals surface area contributed by atoms with E-state index in [1.54, 1.807) is 32.9 Å². The third kappa shape index (κ3) is 9.93.